The second-order valence-electron chi connectivity index (χ2n) is 1.81. The second-order valence-corrected chi connectivity index (χ2v) is 4.17. The van der Waals surface area contributed by atoms with E-state index in [9.17, 15) is 0 Å². The van der Waals surface area contributed by atoms with Crippen molar-refractivity contribution >= 4 is 29.0 Å². The summed E-state index contributed by atoms with van der Waals surface area (Å²) in [6.45, 7) is 0. The van der Waals surface area contributed by atoms with Gasteiger partial charge in [-0.25, -0.2) is 0 Å². The summed E-state index contributed by atoms with van der Waals surface area (Å²) in [5.74, 6) is 0. The van der Waals surface area contributed by atoms with E-state index in [4.69, 9.17) is 19.1 Å². The molecule has 1 aliphatic rings. The van der Waals surface area contributed by atoms with Crippen LogP contribution < -0.4 is 0 Å². The van der Waals surface area contributed by atoms with Crippen molar-refractivity contribution in [2.24, 2.45) is 0 Å². The molecule has 1 atom stereocenters. The van der Waals surface area contributed by atoms with E-state index in [1.807, 2.05) is 0 Å². The molecule has 0 heterocycles. The average Bonchev–Trinajstić information content (AvgIpc) is 2.17. The first-order valence-electron chi connectivity index (χ1n) is 2.74. The van der Waals surface area contributed by atoms with Gasteiger partial charge in [-0.2, -0.15) is 9.90 Å². The summed E-state index contributed by atoms with van der Waals surface area (Å²) >= 11 is -0.106. The Labute approximate surface area is 93.4 Å². The van der Waals surface area contributed by atoms with Gasteiger partial charge in [0, 0.05) is 17.1 Å². The maximum Gasteiger partial charge on any atom is 0 e. The quantitative estimate of drug-likeness (QED) is 0.470. The van der Waals surface area contributed by atoms with Gasteiger partial charge < -0.3 is 0 Å². The molecule has 1 aliphatic carbocycles. The molecule has 0 aromatic heterocycles. The minimum atomic E-state index is -0.106. The molecule has 10 heavy (non-hydrogen) atoms. The Balaban J connectivity index is -0.0000000900. The molecule has 0 nitrogen and oxygen atoms in total. The molecule has 5 heteroatoms. The topological polar surface area (TPSA) is 0 Å². The fourth-order valence-corrected chi connectivity index (χ4v) is 0.884. The van der Waals surface area contributed by atoms with E-state index in [0.29, 0.717) is 0 Å². The van der Waals surface area contributed by atoms with Crippen molar-refractivity contribution in [1.29, 1.82) is 0 Å². The molecule has 1 fully saturated rings. The van der Waals surface area contributed by atoms with Gasteiger partial charge in [0.1, 0.15) is 0 Å². The maximum absolute atomic E-state index is 4.81. The number of rotatable bonds is 0. The van der Waals surface area contributed by atoms with Gasteiger partial charge in [0.2, 0.25) is 0 Å². The van der Waals surface area contributed by atoms with Crippen molar-refractivity contribution < 1.29 is 33.0 Å². The van der Waals surface area contributed by atoms with Crippen LogP contribution in [0.4, 0.5) is 0 Å². The molecule has 0 aromatic rings. The molecule has 1 saturated carbocycles. The molecule has 1 unspecified atom stereocenters. The molecule has 0 N–H and O–H groups in total. The van der Waals surface area contributed by atoms with E-state index < -0.39 is 0 Å². The Morgan fingerprint density at radius 1 is 0.800 bits per heavy atom. The molecule has 0 amide bonds. The third-order valence-corrected chi connectivity index (χ3v) is 1.25. The van der Waals surface area contributed by atoms with E-state index in [1.54, 1.807) is 0 Å². The van der Waals surface area contributed by atoms with Gasteiger partial charge in [-0.1, -0.05) is 32.1 Å². The van der Waals surface area contributed by atoms with Crippen molar-refractivity contribution in [2.75, 3.05) is 0 Å². The monoisotopic (exact) mass is 336 g/mol. The van der Waals surface area contributed by atoms with Gasteiger partial charge in [-0.05, 0) is 0 Å². The van der Waals surface area contributed by atoms with Crippen LogP contribution in [0.3, 0.4) is 0 Å². The minimum Gasteiger partial charge on any atom is 0 e. The molecule has 0 aliphatic heterocycles. The zero-order chi connectivity index (χ0) is 6.24. The van der Waals surface area contributed by atoms with Crippen LogP contribution in [0.1, 0.15) is 32.1 Å². The van der Waals surface area contributed by atoms with E-state index in [-0.39, 0.29) is 42.9 Å². The van der Waals surface area contributed by atoms with Crippen LogP contribution >= 0.6 is 29.0 Å². The van der Waals surface area contributed by atoms with E-state index in [1.165, 1.54) is 32.1 Å². The Hall–Kier alpha value is 2.19. The Bertz CT molecular complexity index is 39.0. The van der Waals surface area contributed by atoms with Crippen molar-refractivity contribution in [2.45, 2.75) is 32.1 Å². The number of halogens is 2. The van der Waals surface area contributed by atoms with Crippen molar-refractivity contribution in [1.82, 2.24) is 0 Å². The molecule has 0 spiro atoms. The zero-order valence-corrected chi connectivity index (χ0v) is 11.3. The van der Waals surface area contributed by atoms with E-state index in [0.717, 1.165) is 0 Å². The molecule has 0 aromatic carbocycles. The summed E-state index contributed by atoms with van der Waals surface area (Å²) in [5.41, 5.74) is 0. The predicted octanol–water partition coefficient (Wildman–Crippen LogP) is 3.38. The van der Waals surface area contributed by atoms with Gasteiger partial charge in [0.15, 0.2) is 0 Å². The first kappa shape index (κ1) is 18.1. The van der Waals surface area contributed by atoms with Gasteiger partial charge in [-0.3, -0.25) is 0 Å². The zero-order valence-electron chi connectivity index (χ0n) is 5.67. The first-order chi connectivity index (χ1) is 3.91. The molecular weight excluding hydrogens is 324 g/mol. The van der Waals surface area contributed by atoms with Crippen molar-refractivity contribution in [3.8, 4) is 0 Å². The fraction of sp³-hybridized carbons (Fsp3) is 1.00. The molecule has 1 rings (SSSR count). The van der Waals surface area contributed by atoms with E-state index in [2.05, 4.69) is 0 Å². The van der Waals surface area contributed by atoms with Crippen LogP contribution in [-0.2, 0) is 33.0 Å². The normalized spacial score (nSPS) is 14.2. The molecule has 70 valence electrons. The Morgan fingerprint density at radius 2 is 0.900 bits per heavy atom. The van der Waals surface area contributed by atoms with E-state index >= 15 is 0 Å². The molecule has 0 bridgehead atoms. The molecule has 0 saturated heterocycles. The van der Waals surface area contributed by atoms with Gasteiger partial charge in [-0.15, -0.1) is 0 Å². The van der Waals surface area contributed by atoms with Crippen LogP contribution in [0.25, 0.3) is 0 Å². The third kappa shape index (κ3) is 16.6. The molecule has 0 radical (unpaired) electrons. The summed E-state index contributed by atoms with van der Waals surface area (Å²) in [4.78, 5) is 0. The average molecular weight is 337 g/mol. The number of hydrogen-bond donors (Lipinski definition) is 0. The maximum atomic E-state index is 4.81. The van der Waals surface area contributed by atoms with Crippen LogP contribution in [0.5, 0.6) is 0 Å². The van der Waals surface area contributed by atoms with Gasteiger partial charge >= 0.3 is 35.0 Å². The third-order valence-electron chi connectivity index (χ3n) is 1.25. The predicted molar refractivity (Wildman–Crippen MR) is 45.9 cm³/mol. The summed E-state index contributed by atoms with van der Waals surface area (Å²) < 4.78 is 0. The van der Waals surface area contributed by atoms with Gasteiger partial charge in [0.25, 0.3) is 0 Å². The van der Waals surface area contributed by atoms with Crippen LogP contribution in [0.2, 0.25) is 0 Å². The van der Waals surface area contributed by atoms with Crippen LogP contribution in [0, 0.1) is 0 Å². The van der Waals surface area contributed by atoms with Crippen molar-refractivity contribution in [3.63, 3.8) is 0 Å². The standard InChI is InChI=1S/C5H10.2ClH.Fe.H3P.Pd/c1-2-4-5-3-1;;;;;/h1-5H2;2*1H;;1H3;/q;;;;;+2/p-2. The minimum absolute atomic E-state index is 0. The Kier molecular flexibility index (Phi) is 31.3. The Morgan fingerprint density at radius 3 is 1.00 bits per heavy atom. The van der Waals surface area contributed by atoms with Crippen LogP contribution in [-0.4, -0.2) is 0 Å². The fourth-order valence-electron chi connectivity index (χ4n) is 0.884. The summed E-state index contributed by atoms with van der Waals surface area (Å²) in [5, 5.41) is 0. The van der Waals surface area contributed by atoms with Gasteiger partial charge in [0.05, 0.1) is 0 Å². The smallest absolute Gasteiger partial charge is 0 e. The summed E-state index contributed by atoms with van der Waals surface area (Å²) in [6, 6.07) is 0. The summed E-state index contributed by atoms with van der Waals surface area (Å²) in [7, 11) is 9.63. The second kappa shape index (κ2) is 17.3. The SMILES string of the molecule is C1CCCC1.P.[Cl][Pd][Cl].[Fe]. The van der Waals surface area contributed by atoms with Crippen LogP contribution in [0.15, 0.2) is 0 Å². The first-order valence-corrected chi connectivity index (χ1v) is 6.74. The molecular formula is C5H13Cl2FePPd. The summed E-state index contributed by atoms with van der Waals surface area (Å²) in [6.07, 6.45) is 7.50. The largest absolute Gasteiger partial charge is 0 e. The van der Waals surface area contributed by atoms with Crippen molar-refractivity contribution in [3.05, 3.63) is 0 Å². The number of hydrogen-bond acceptors (Lipinski definition) is 0.